The van der Waals surface area contributed by atoms with E-state index < -0.39 is 0 Å². The number of H-pyrrole nitrogens is 1. The molecule has 1 saturated heterocycles. The molecule has 0 saturated carbocycles. The van der Waals surface area contributed by atoms with Gasteiger partial charge in [-0.25, -0.2) is 0 Å². The molecule has 1 aromatic carbocycles. The van der Waals surface area contributed by atoms with E-state index in [4.69, 9.17) is 16.3 Å². The van der Waals surface area contributed by atoms with E-state index in [9.17, 15) is 0 Å². The number of ether oxygens (including phenoxy) is 1. The monoisotopic (exact) mass is 319 g/mol. The number of benzene rings is 1. The number of hydrogen-bond acceptors (Lipinski definition) is 3. The first-order chi connectivity index (χ1) is 10.7. The van der Waals surface area contributed by atoms with Gasteiger partial charge in [-0.05, 0) is 31.4 Å². The van der Waals surface area contributed by atoms with Crippen LogP contribution < -0.4 is 5.32 Å². The fourth-order valence-corrected chi connectivity index (χ4v) is 3.52. The van der Waals surface area contributed by atoms with E-state index in [1.807, 2.05) is 25.3 Å². The summed E-state index contributed by atoms with van der Waals surface area (Å²) in [5.74, 6) is 0. The summed E-state index contributed by atoms with van der Waals surface area (Å²) in [6.45, 7) is 5.33. The molecule has 1 aliphatic rings. The van der Waals surface area contributed by atoms with Gasteiger partial charge in [-0.1, -0.05) is 29.8 Å². The predicted molar refractivity (Wildman–Crippen MR) is 88.2 cm³/mol. The number of halogens is 1. The van der Waals surface area contributed by atoms with Crippen LogP contribution in [-0.2, 0) is 16.7 Å². The van der Waals surface area contributed by atoms with Crippen molar-refractivity contribution in [1.29, 1.82) is 0 Å². The molecular formula is C17H22ClN3O. The molecule has 5 heteroatoms. The molecule has 0 atom stereocenters. The molecule has 3 rings (SSSR count). The van der Waals surface area contributed by atoms with Gasteiger partial charge in [0.25, 0.3) is 0 Å². The Morgan fingerprint density at radius 2 is 2.09 bits per heavy atom. The Labute approximate surface area is 136 Å². The topological polar surface area (TPSA) is 49.9 Å². The maximum atomic E-state index is 6.47. The van der Waals surface area contributed by atoms with E-state index in [2.05, 4.69) is 27.6 Å². The SMILES string of the molecule is Cc1[nH]ncc1CNCC1(c2ccccc2Cl)CCOCC1. The summed E-state index contributed by atoms with van der Waals surface area (Å²) in [4.78, 5) is 0. The summed E-state index contributed by atoms with van der Waals surface area (Å²) in [5, 5.41) is 11.5. The molecule has 0 amide bonds. The van der Waals surface area contributed by atoms with Gasteiger partial charge in [0.1, 0.15) is 0 Å². The van der Waals surface area contributed by atoms with Crippen molar-refractivity contribution in [1.82, 2.24) is 15.5 Å². The van der Waals surface area contributed by atoms with Gasteiger partial charge >= 0.3 is 0 Å². The second-order valence-corrected chi connectivity index (χ2v) is 6.40. The maximum Gasteiger partial charge on any atom is 0.0535 e. The zero-order chi connectivity index (χ0) is 15.4. The van der Waals surface area contributed by atoms with Gasteiger partial charge in [-0.3, -0.25) is 5.10 Å². The summed E-state index contributed by atoms with van der Waals surface area (Å²) >= 11 is 6.47. The van der Waals surface area contributed by atoms with Crippen LogP contribution in [0.4, 0.5) is 0 Å². The minimum atomic E-state index is 0.0498. The van der Waals surface area contributed by atoms with Gasteiger partial charge in [0.2, 0.25) is 0 Å². The van der Waals surface area contributed by atoms with Gasteiger partial charge in [0.15, 0.2) is 0 Å². The molecular weight excluding hydrogens is 298 g/mol. The Balaban J connectivity index is 1.75. The minimum Gasteiger partial charge on any atom is -0.381 e. The molecule has 0 spiro atoms. The van der Waals surface area contributed by atoms with Crippen LogP contribution >= 0.6 is 11.6 Å². The maximum absolute atomic E-state index is 6.47. The van der Waals surface area contributed by atoms with Crippen LogP contribution in [0.3, 0.4) is 0 Å². The summed E-state index contributed by atoms with van der Waals surface area (Å²) in [5.41, 5.74) is 3.61. The van der Waals surface area contributed by atoms with E-state index in [0.29, 0.717) is 0 Å². The van der Waals surface area contributed by atoms with Gasteiger partial charge < -0.3 is 10.1 Å². The fraction of sp³-hybridized carbons (Fsp3) is 0.471. The highest BCUT2D eigenvalue weighted by Gasteiger charge is 2.35. The number of rotatable bonds is 5. The average Bonchev–Trinajstić information content (AvgIpc) is 2.94. The zero-order valence-electron chi connectivity index (χ0n) is 12.9. The second-order valence-electron chi connectivity index (χ2n) is 6.00. The Kier molecular flexibility index (Phi) is 4.81. The number of aromatic nitrogens is 2. The van der Waals surface area contributed by atoms with E-state index in [1.54, 1.807) is 0 Å². The van der Waals surface area contributed by atoms with Crippen LogP contribution in [-0.4, -0.2) is 30.0 Å². The van der Waals surface area contributed by atoms with Crippen molar-refractivity contribution in [3.63, 3.8) is 0 Å². The lowest BCUT2D eigenvalue weighted by Gasteiger charge is -2.38. The quantitative estimate of drug-likeness (QED) is 0.889. The van der Waals surface area contributed by atoms with Crippen molar-refractivity contribution >= 4 is 11.6 Å². The Hall–Kier alpha value is -1.36. The van der Waals surface area contributed by atoms with E-state index in [0.717, 1.165) is 49.9 Å². The number of nitrogens with one attached hydrogen (secondary N) is 2. The third-order valence-corrected chi connectivity index (χ3v) is 4.94. The molecule has 118 valence electrons. The average molecular weight is 320 g/mol. The van der Waals surface area contributed by atoms with Crippen LogP contribution in [0, 0.1) is 6.92 Å². The molecule has 0 bridgehead atoms. The third kappa shape index (κ3) is 3.19. The van der Waals surface area contributed by atoms with Crippen LogP contribution in [0.5, 0.6) is 0 Å². The summed E-state index contributed by atoms with van der Waals surface area (Å²) in [6, 6.07) is 8.19. The van der Waals surface area contributed by atoms with Gasteiger partial charge in [-0.2, -0.15) is 5.10 Å². The van der Waals surface area contributed by atoms with Gasteiger partial charge in [-0.15, -0.1) is 0 Å². The molecule has 0 aliphatic carbocycles. The van der Waals surface area contributed by atoms with Crippen molar-refractivity contribution in [2.75, 3.05) is 19.8 Å². The lowest BCUT2D eigenvalue weighted by Crippen LogP contribution is -2.42. The van der Waals surface area contributed by atoms with Gasteiger partial charge in [0.05, 0.1) is 6.20 Å². The van der Waals surface area contributed by atoms with Gasteiger partial charge in [0, 0.05) is 48.0 Å². The van der Waals surface area contributed by atoms with E-state index in [1.165, 1.54) is 11.1 Å². The zero-order valence-corrected chi connectivity index (χ0v) is 13.6. The van der Waals surface area contributed by atoms with Crippen LogP contribution in [0.25, 0.3) is 0 Å². The van der Waals surface area contributed by atoms with Crippen molar-refractivity contribution in [2.45, 2.75) is 31.7 Å². The smallest absolute Gasteiger partial charge is 0.0535 e. The van der Waals surface area contributed by atoms with Crippen LogP contribution in [0.15, 0.2) is 30.5 Å². The molecule has 0 unspecified atom stereocenters. The predicted octanol–water partition coefficient (Wildman–Crippen LogP) is 3.21. The van der Waals surface area contributed by atoms with E-state index in [-0.39, 0.29) is 5.41 Å². The minimum absolute atomic E-state index is 0.0498. The first-order valence-electron chi connectivity index (χ1n) is 7.74. The molecule has 1 aromatic heterocycles. The molecule has 2 heterocycles. The number of aromatic amines is 1. The largest absolute Gasteiger partial charge is 0.381 e. The molecule has 1 fully saturated rings. The third-order valence-electron chi connectivity index (χ3n) is 4.61. The second kappa shape index (κ2) is 6.82. The normalized spacial score (nSPS) is 17.5. The highest BCUT2D eigenvalue weighted by atomic mass is 35.5. The first kappa shape index (κ1) is 15.5. The summed E-state index contributed by atoms with van der Waals surface area (Å²) in [7, 11) is 0. The molecule has 0 radical (unpaired) electrons. The number of hydrogen-bond donors (Lipinski definition) is 2. The highest BCUT2D eigenvalue weighted by Crippen LogP contribution is 2.38. The lowest BCUT2D eigenvalue weighted by molar-refractivity contribution is 0.0498. The van der Waals surface area contributed by atoms with Crippen molar-refractivity contribution in [2.24, 2.45) is 0 Å². The molecule has 2 N–H and O–H groups in total. The fourth-order valence-electron chi connectivity index (χ4n) is 3.19. The Bertz CT molecular complexity index is 620. The van der Waals surface area contributed by atoms with Crippen molar-refractivity contribution < 1.29 is 4.74 Å². The molecule has 22 heavy (non-hydrogen) atoms. The molecule has 1 aliphatic heterocycles. The Morgan fingerprint density at radius 1 is 1.32 bits per heavy atom. The van der Waals surface area contributed by atoms with Crippen molar-refractivity contribution in [3.8, 4) is 0 Å². The number of aryl methyl sites for hydroxylation is 1. The highest BCUT2D eigenvalue weighted by molar-refractivity contribution is 6.31. The van der Waals surface area contributed by atoms with E-state index >= 15 is 0 Å². The molecule has 4 nitrogen and oxygen atoms in total. The van der Waals surface area contributed by atoms with Crippen LogP contribution in [0.1, 0.15) is 29.7 Å². The summed E-state index contributed by atoms with van der Waals surface area (Å²) in [6.07, 6.45) is 3.87. The first-order valence-corrected chi connectivity index (χ1v) is 8.11. The lowest BCUT2D eigenvalue weighted by atomic mass is 9.74. The molecule has 2 aromatic rings. The Morgan fingerprint density at radius 3 is 2.77 bits per heavy atom. The van der Waals surface area contributed by atoms with Crippen molar-refractivity contribution in [3.05, 3.63) is 52.3 Å². The number of nitrogens with zero attached hydrogens (tertiary/aromatic N) is 1. The standard InChI is InChI=1S/C17H22ClN3O/c1-13-14(11-20-21-13)10-19-12-17(6-8-22-9-7-17)15-4-2-3-5-16(15)18/h2-5,11,19H,6-10,12H2,1H3,(H,20,21). The summed E-state index contributed by atoms with van der Waals surface area (Å²) < 4.78 is 5.57. The van der Waals surface area contributed by atoms with Crippen LogP contribution in [0.2, 0.25) is 5.02 Å².